The molecule has 2 atom stereocenters. The highest BCUT2D eigenvalue weighted by Crippen LogP contribution is 2.24. The predicted octanol–water partition coefficient (Wildman–Crippen LogP) is 3.14. The molecule has 0 unspecified atom stereocenters. The predicted molar refractivity (Wildman–Crippen MR) is 82.7 cm³/mol. The third kappa shape index (κ3) is 2.61. The molecular formula is C16H17ClN2O2. The minimum Gasteiger partial charge on any atom is -0.377 e. The van der Waals surface area contributed by atoms with Gasteiger partial charge < -0.3 is 9.64 Å². The van der Waals surface area contributed by atoms with Crippen molar-refractivity contribution in [2.45, 2.75) is 25.9 Å². The fraction of sp³-hybridized carbons (Fsp3) is 0.375. The van der Waals surface area contributed by atoms with Crippen LogP contribution in [-0.4, -0.2) is 41.1 Å². The monoisotopic (exact) mass is 304 g/mol. The molecule has 110 valence electrons. The van der Waals surface area contributed by atoms with E-state index in [1.165, 1.54) is 0 Å². The largest absolute Gasteiger partial charge is 0.377 e. The molecule has 1 aliphatic rings. The van der Waals surface area contributed by atoms with Crippen LogP contribution in [0, 0.1) is 0 Å². The summed E-state index contributed by atoms with van der Waals surface area (Å²) in [4.78, 5) is 19.1. The van der Waals surface area contributed by atoms with Crippen LogP contribution in [0.3, 0.4) is 0 Å². The number of carbonyl (C=O) groups is 1. The second-order valence-electron chi connectivity index (χ2n) is 5.45. The Labute approximate surface area is 128 Å². The number of hydrogen-bond acceptors (Lipinski definition) is 3. The highest BCUT2D eigenvalue weighted by molar-refractivity contribution is 6.35. The van der Waals surface area contributed by atoms with E-state index in [2.05, 4.69) is 4.98 Å². The summed E-state index contributed by atoms with van der Waals surface area (Å²) >= 11 is 6.28. The molecular weight excluding hydrogens is 288 g/mol. The number of benzene rings is 1. The second-order valence-corrected chi connectivity index (χ2v) is 5.86. The van der Waals surface area contributed by atoms with E-state index < -0.39 is 0 Å². The highest BCUT2D eigenvalue weighted by Gasteiger charge is 2.31. The van der Waals surface area contributed by atoms with Crippen molar-refractivity contribution in [1.82, 2.24) is 9.88 Å². The van der Waals surface area contributed by atoms with Gasteiger partial charge in [-0.1, -0.05) is 29.8 Å². The van der Waals surface area contributed by atoms with Crippen LogP contribution >= 0.6 is 11.6 Å². The van der Waals surface area contributed by atoms with Crippen molar-refractivity contribution in [3.63, 3.8) is 0 Å². The molecule has 0 radical (unpaired) electrons. The van der Waals surface area contributed by atoms with Gasteiger partial charge in [-0.05, 0) is 26.0 Å². The normalized spacial score (nSPS) is 22.5. The van der Waals surface area contributed by atoms with E-state index in [0.29, 0.717) is 23.9 Å². The lowest BCUT2D eigenvalue weighted by Gasteiger charge is -2.38. The molecule has 3 rings (SSSR count). The summed E-state index contributed by atoms with van der Waals surface area (Å²) in [5.74, 6) is -0.0917. The molecule has 2 heterocycles. The van der Waals surface area contributed by atoms with Gasteiger partial charge in [0.15, 0.2) is 0 Å². The van der Waals surface area contributed by atoms with Crippen LogP contribution in [0.4, 0.5) is 0 Å². The molecule has 0 spiro atoms. The van der Waals surface area contributed by atoms with Crippen molar-refractivity contribution in [2.75, 3.05) is 13.2 Å². The Bertz CT molecular complexity index is 679. The topological polar surface area (TPSA) is 42.4 Å². The fourth-order valence-electron chi connectivity index (χ4n) is 2.78. The minimum atomic E-state index is -0.0917. The molecule has 1 aromatic carbocycles. The Morgan fingerprint density at radius 3 is 2.67 bits per heavy atom. The lowest BCUT2D eigenvalue weighted by molar-refractivity contribution is -0.0252. The number of amides is 1. The van der Waals surface area contributed by atoms with Gasteiger partial charge in [0.25, 0.3) is 5.91 Å². The van der Waals surface area contributed by atoms with E-state index in [1.807, 2.05) is 43.0 Å². The summed E-state index contributed by atoms with van der Waals surface area (Å²) in [6, 6.07) is 9.29. The number of pyridine rings is 1. The molecule has 1 aliphatic heterocycles. The maximum absolute atomic E-state index is 12.8. The lowest BCUT2D eigenvalue weighted by Crippen LogP contribution is -2.52. The van der Waals surface area contributed by atoms with Crippen molar-refractivity contribution in [3.05, 3.63) is 41.0 Å². The van der Waals surface area contributed by atoms with Crippen molar-refractivity contribution >= 4 is 28.4 Å². The third-order valence-corrected chi connectivity index (χ3v) is 4.10. The quantitative estimate of drug-likeness (QED) is 0.813. The molecule has 4 nitrogen and oxygen atoms in total. The van der Waals surface area contributed by atoms with Crippen LogP contribution in [0.2, 0.25) is 5.02 Å². The Kier molecular flexibility index (Phi) is 3.83. The maximum atomic E-state index is 12.8. The van der Waals surface area contributed by atoms with E-state index in [0.717, 1.165) is 10.9 Å². The van der Waals surface area contributed by atoms with Crippen LogP contribution in [0.15, 0.2) is 30.3 Å². The number of nitrogens with zero attached hydrogens (tertiary/aromatic N) is 2. The summed E-state index contributed by atoms with van der Waals surface area (Å²) < 4.78 is 5.46. The van der Waals surface area contributed by atoms with E-state index in [4.69, 9.17) is 16.3 Å². The van der Waals surface area contributed by atoms with Crippen LogP contribution in [-0.2, 0) is 4.74 Å². The number of aromatic nitrogens is 1. The first-order valence-electron chi connectivity index (χ1n) is 7.03. The number of fused-ring (bicyclic) bond motifs is 1. The van der Waals surface area contributed by atoms with Gasteiger partial charge in [0.1, 0.15) is 5.69 Å². The average molecular weight is 305 g/mol. The first kappa shape index (κ1) is 14.3. The molecule has 5 heteroatoms. The number of ether oxygens (including phenoxy) is 1. The summed E-state index contributed by atoms with van der Waals surface area (Å²) in [5.41, 5.74) is 1.13. The van der Waals surface area contributed by atoms with Gasteiger partial charge in [-0.3, -0.25) is 4.79 Å². The van der Waals surface area contributed by atoms with E-state index in [9.17, 15) is 4.79 Å². The first-order chi connectivity index (χ1) is 10.1. The third-order valence-electron chi connectivity index (χ3n) is 3.79. The van der Waals surface area contributed by atoms with Crippen LogP contribution in [0.25, 0.3) is 10.9 Å². The van der Waals surface area contributed by atoms with Gasteiger partial charge in [-0.25, -0.2) is 4.98 Å². The van der Waals surface area contributed by atoms with Crippen molar-refractivity contribution in [2.24, 2.45) is 0 Å². The number of rotatable bonds is 1. The smallest absolute Gasteiger partial charge is 0.273 e. The molecule has 1 saturated heterocycles. The summed E-state index contributed by atoms with van der Waals surface area (Å²) in [6.45, 7) is 5.07. The van der Waals surface area contributed by atoms with Gasteiger partial charge in [0.2, 0.25) is 0 Å². The van der Waals surface area contributed by atoms with Gasteiger partial charge in [-0.2, -0.15) is 0 Å². The molecule has 0 bridgehead atoms. The zero-order valence-corrected chi connectivity index (χ0v) is 12.8. The molecule has 0 saturated carbocycles. The maximum Gasteiger partial charge on any atom is 0.273 e. The lowest BCUT2D eigenvalue weighted by atomic mass is 10.1. The molecule has 1 aromatic heterocycles. The van der Waals surface area contributed by atoms with Crippen LogP contribution in [0.5, 0.6) is 0 Å². The molecule has 0 aliphatic carbocycles. The second kappa shape index (κ2) is 5.62. The van der Waals surface area contributed by atoms with Crippen molar-refractivity contribution in [1.29, 1.82) is 0 Å². The van der Waals surface area contributed by atoms with Crippen molar-refractivity contribution < 1.29 is 9.53 Å². The number of para-hydroxylation sites is 1. The van der Waals surface area contributed by atoms with Gasteiger partial charge >= 0.3 is 0 Å². The molecule has 0 N–H and O–H groups in total. The van der Waals surface area contributed by atoms with Gasteiger partial charge in [0.05, 0.1) is 35.8 Å². The summed E-state index contributed by atoms with van der Waals surface area (Å²) in [5, 5.41) is 1.41. The van der Waals surface area contributed by atoms with E-state index in [-0.39, 0.29) is 18.0 Å². The molecule has 1 fully saturated rings. The average Bonchev–Trinajstić information content (AvgIpc) is 2.47. The van der Waals surface area contributed by atoms with Gasteiger partial charge in [0, 0.05) is 5.39 Å². The zero-order chi connectivity index (χ0) is 15.0. The Morgan fingerprint density at radius 2 is 1.95 bits per heavy atom. The van der Waals surface area contributed by atoms with E-state index >= 15 is 0 Å². The number of halogens is 1. The van der Waals surface area contributed by atoms with Crippen LogP contribution < -0.4 is 0 Å². The number of carbonyl (C=O) groups excluding carboxylic acids is 1. The molecule has 1 amide bonds. The zero-order valence-electron chi connectivity index (χ0n) is 12.0. The first-order valence-corrected chi connectivity index (χ1v) is 7.41. The van der Waals surface area contributed by atoms with Crippen LogP contribution in [0.1, 0.15) is 24.3 Å². The Hall–Kier alpha value is -1.65. The van der Waals surface area contributed by atoms with Crippen molar-refractivity contribution in [3.8, 4) is 0 Å². The van der Waals surface area contributed by atoms with E-state index in [1.54, 1.807) is 6.07 Å². The Balaban J connectivity index is 2.01. The summed E-state index contributed by atoms with van der Waals surface area (Å²) in [7, 11) is 0. The minimum absolute atomic E-state index is 0.0355. The highest BCUT2D eigenvalue weighted by atomic mass is 35.5. The number of hydrogen-bond donors (Lipinski definition) is 0. The standard InChI is InChI=1S/C16H17ClN2O2/c1-10-8-21-9-11(2)19(10)16(20)15-7-13(17)12-5-3-4-6-14(12)18-15/h3-7,10-11H,8-9H2,1-2H3/t10-,11+. The molecule has 2 aromatic rings. The fourth-order valence-corrected chi connectivity index (χ4v) is 3.04. The SMILES string of the molecule is C[C@@H]1COC[C@H](C)N1C(=O)c1cc(Cl)c2ccccc2n1. The Morgan fingerprint density at radius 1 is 1.29 bits per heavy atom. The summed E-state index contributed by atoms with van der Waals surface area (Å²) in [6.07, 6.45) is 0. The number of morpholine rings is 1. The molecule has 21 heavy (non-hydrogen) atoms. The van der Waals surface area contributed by atoms with Gasteiger partial charge in [-0.15, -0.1) is 0 Å².